The monoisotopic (exact) mass is 319 g/mol. The van der Waals surface area contributed by atoms with Crippen molar-refractivity contribution in [2.24, 2.45) is 5.84 Å². The van der Waals surface area contributed by atoms with Crippen LogP contribution in [-0.2, 0) is 6.42 Å². The maximum Gasteiger partial charge on any atom is 0.0624 e. The van der Waals surface area contributed by atoms with Gasteiger partial charge in [0.15, 0.2) is 0 Å². The summed E-state index contributed by atoms with van der Waals surface area (Å²) in [6.07, 6.45) is 0.783. The smallest absolute Gasteiger partial charge is 0.0624 e. The molecule has 0 spiro atoms. The molecule has 2 unspecified atom stereocenters. The summed E-state index contributed by atoms with van der Waals surface area (Å²) in [5, 5.41) is 1.23. The number of hydrogen-bond acceptors (Lipinski definition) is 4. The second kappa shape index (κ2) is 7.16. The van der Waals surface area contributed by atoms with Crippen LogP contribution in [0.25, 0.3) is 0 Å². The predicted molar refractivity (Wildman–Crippen MR) is 85.0 cm³/mol. The number of nitrogens with zero attached hydrogens (tertiary/aromatic N) is 1. The van der Waals surface area contributed by atoms with Gasteiger partial charge in [0.05, 0.1) is 10.0 Å². The lowest BCUT2D eigenvalue weighted by Gasteiger charge is -2.37. The Morgan fingerprint density at radius 2 is 2.32 bits per heavy atom. The predicted octanol–water partition coefficient (Wildman–Crippen LogP) is 2.42. The van der Waals surface area contributed by atoms with E-state index >= 15 is 0 Å². The molecule has 2 rings (SSSR count). The number of likely N-dealkylation sites (N-methyl/N-ethyl adjacent to an activating group) is 1. The van der Waals surface area contributed by atoms with E-state index in [0.29, 0.717) is 16.1 Å². The van der Waals surface area contributed by atoms with Crippen molar-refractivity contribution in [2.45, 2.75) is 18.5 Å². The normalized spacial score (nSPS) is 22.4. The third-order valence-electron chi connectivity index (χ3n) is 3.59. The molecule has 1 aromatic carbocycles. The number of thioether (sulfide) groups is 1. The minimum absolute atomic E-state index is 0.175. The Balaban J connectivity index is 2.12. The Labute approximate surface area is 128 Å². The van der Waals surface area contributed by atoms with Gasteiger partial charge in [-0.1, -0.05) is 35.3 Å². The summed E-state index contributed by atoms with van der Waals surface area (Å²) in [6, 6.07) is 6.33. The highest BCUT2D eigenvalue weighted by molar-refractivity contribution is 7.99. The molecule has 2 atom stereocenters. The molecular formula is C13H19Cl2N3S. The summed E-state index contributed by atoms with van der Waals surface area (Å²) in [4.78, 5) is 2.36. The Morgan fingerprint density at radius 1 is 1.53 bits per heavy atom. The van der Waals surface area contributed by atoms with E-state index in [1.54, 1.807) is 6.07 Å². The first-order valence-corrected chi connectivity index (χ1v) is 8.21. The molecule has 1 fully saturated rings. The van der Waals surface area contributed by atoms with Crippen LogP contribution in [0.2, 0.25) is 10.0 Å². The Bertz CT molecular complexity index is 430. The molecule has 1 saturated heterocycles. The number of nitrogens with two attached hydrogens (primary N) is 1. The minimum Gasteiger partial charge on any atom is -0.300 e. The molecule has 1 heterocycles. The van der Waals surface area contributed by atoms with E-state index in [2.05, 4.69) is 17.4 Å². The lowest BCUT2D eigenvalue weighted by molar-refractivity contribution is 0.214. The van der Waals surface area contributed by atoms with Gasteiger partial charge in [-0.2, -0.15) is 11.8 Å². The van der Waals surface area contributed by atoms with Crippen LogP contribution in [-0.4, -0.2) is 42.1 Å². The molecule has 0 aromatic heterocycles. The average Bonchev–Trinajstić information content (AvgIpc) is 2.41. The standard InChI is InChI=1S/C13H19Cl2N3S/c1-18-5-6-19-8-12(18)11(17-16)7-9-3-2-4-10(14)13(9)15/h2-4,11-12,17H,5-8,16H2,1H3. The van der Waals surface area contributed by atoms with E-state index in [4.69, 9.17) is 29.0 Å². The van der Waals surface area contributed by atoms with Crippen molar-refractivity contribution in [3.63, 3.8) is 0 Å². The highest BCUT2D eigenvalue weighted by Gasteiger charge is 2.28. The molecule has 106 valence electrons. The quantitative estimate of drug-likeness (QED) is 0.660. The van der Waals surface area contributed by atoms with Crippen LogP contribution < -0.4 is 11.3 Å². The van der Waals surface area contributed by atoms with Crippen LogP contribution in [0.4, 0.5) is 0 Å². The first-order chi connectivity index (χ1) is 9.13. The second-order valence-corrected chi connectivity index (χ2v) is 6.75. The summed E-state index contributed by atoms with van der Waals surface area (Å²) in [5.74, 6) is 8.01. The molecule has 0 radical (unpaired) electrons. The molecule has 0 amide bonds. The highest BCUT2D eigenvalue weighted by Crippen LogP contribution is 2.28. The van der Waals surface area contributed by atoms with Crippen LogP contribution >= 0.6 is 35.0 Å². The van der Waals surface area contributed by atoms with Crippen molar-refractivity contribution in [3.05, 3.63) is 33.8 Å². The van der Waals surface area contributed by atoms with Gasteiger partial charge in [-0.15, -0.1) is 0 Å². The molecule has 1 aliphatic rings. The minimum atomic E-state index is 0.175. The summed E-state index contributed by atoms with van der Waals surface area (Å²) in [6.45, 7) is 1.09. The van der Waals surface area contributed by atoms with Crippen molar-refractivity contribution in [3.8, 4) is 0 Å². The average molecular weight is 320 g/mol. The topological polar surface area (TPSA) is 41.3 Å². The molecule has 3 nitrogen and oxygen atoms in total. The second-order valence-electron chi connectivity index (χ2n) is 4.81. The first kappa shape index (κ1) is 15.4. The summed E-state index contributed by atoms with van der Waals surface area (Å²) < 4.78 is 0. The fourth-order valence-electron chi connectivity index (χ4n) is 2.38. The van der Waals surface area contributed by atoms with Gasteiger partial charge in [0.25, 0.3) is 0 Å². The van der Waals surface area contributed by atoms with E-state index in [0.717, 1.165) is 24.3 Å². The van der Waals surface area contributed by atoms with E-state index < -0.39 is 0 Å². The zero-order chi connectivity index (χ0) is 13.8. The van der Waals surface area contributed by atoms with Crippen LogP contribution in [0.1, 0.15) is 5.56 Å². The van der Waals surface area contributed by atoms with Crippen LogP contribution in [0.5, 0.6) is 0 Å². The maximum atomic E-state index is 6.25. The molecule has 19 heavy (non-hydrogen) atoms. The van der Waals surface area contributed by atoms with Crippen molar-refractivity contribution < 1.29 is 0 Å². The Kier molecular flexibility index (Phi) is 5.81. The van der Waals surface area contributed by atoms with E-state index in [1.165, 1.54) is 5.75 Å². The summed E-state index contributed by atoms with van der Waals surface area (Å²) in [5.41, 5.74) is 3.98. The largest absolute Gasteiger partial charge is 0.300 e. The van der Waals surface area contributed by atoms with Gasteiger partial charge >= 0.3 is 0 Å². The van der Waals surface area contributed by atoms with Crippen molar-refractivity contribution in [2.75, 3.05) is 25.1 Å². The van der Waals surface area contributed by atoms with Gasteiger partial charge in [0.2, 0.25) is 0 Å². The maximum absolute atomic E-state index is 6.25. The van der Waals surface area contributed by atoms with E-state index in [-0.39, 0.29) is 6.04 Å². The number of benzene rings is 1. The molecule has 3 N–H and O–H groups in total. The lowest BCUT2D eigenvalue weighted by Crippen LogP contribution is -2.55. The third kappa shape index (κ3) is 3.78. The van der Waals surface area contributed by atoms with Gasteiger partial charge < -0.3 is 4.90 Å². The van der Waals surface area contributed by atoms with Gasteiger partial charge in [-0.05, 0) is 25.1 Å². The number of hydrazine groups is 1. The molecule has 6 heteroatoms. The Hall–Kier alpha value is 0.0300. The molecular weight excluding hydrogens is 301 g/mol. The lowest BCUT2D eigenvalue weighted by atomic mass is 10.00. The van der Waals surface area contributed by atoms with E-state index in [9.17, 15) is 0 Å². The molecule has 0 aliphatic carbocycles. The summed E-state index contributed by atoms with van der Waals surface area (Å²) in [7, 11) is 2.15. The van der Waals surface area contributed by atoms with Crippen molar-refractivity contribution >= 4 is 35.0 Å². The zero-order valence-corrected chi connectivity index (χ0v) is 13.2. The SMILES string of the molecule is CN1CCSCC1C(Cc1cccc(Cl)c1Cl)NN. The highest BCUT2D eigenvalue weighted by atomic mass is 35.5. The number of rotatable bonds is 4. The Morgan fingerprint density at radius 3 is 3.00 bits per heavy atom. The first-order valence-electron chi connectivity index (χ1n) is 6.30. The molecule has 0 saturated carbocycles. The third-order valence-corrected chi connectivity index (χ3v) is 5.50. The van der Waals surface area contributed by atoms with Gasteiger partial charge in [-0.25, -0.2) is 0 Å². The van der Waals surface area contributed by atoms with Gasteiger partial charge in [-0.3, -0.25) is 11.3 Å². The van der Waals surface area contributed by atoms with Crippen molar-refractivity contribution in [1.29, 1.82) is 0 Å². The van der Waals surface area contributed by atoms with E-state index in [1.807, 2.05) is 23.9 Å². The van der Waals surface area contributed by atoms with Gasteiger partial charge in [0, 0.05) is 30.1 Å². The molecule has 1 aliphatic heterocycles. The number of halogens is 2. The zero-order valence-electron chi connectivity index (χ0n) is 10.9. The number of hydrogen-bond donors (Lipinski definition) is 2. The van der Waals surface area contributed by atoms with Crippen molar-refractivity contribution in [1.82, 2.24) is 10.3 Å². The fourth-order valence-corrected chi connectivity index (χ4v) is 4.09. The van der Waals surface area contributed by atoms with Crippen LogP contribution in [0, 0.1) is 0 Å². The van der Waals surface area contributed by atoms with Gasteiger partial charge in [0.1, 0.15) is 0 Å². The summed E-state index contributed by atoms with van der Waals surface area (Å²) >= 11 is 14.3. The van der Waals surface area contributed by atoms with Crippen LogP contribution in [0.3, 0.4) is 0 Å². The van der Waals surface area contributed by atoms with Crippen LogP contribution in [0.15, 0.2) is 18.2 Å². The number of nitrogens with one attached hydrogen (secondary N) is 1. The molecule has 1 aromatic rings. The molecule has 0 bridgehead atoms. The fraction of sp³-hybridized carbons (Fsp3) is 0.538.